The maximum absolute atomic E-state index is 5.77. The molecule has 6 heteroatoms. The number of nitrogens with one attached hydrogen (secondary N) is 1. The molecule has 0 bridgehead atoms. The van der Waals surface area contributed by atoms with E-state index in [1.54, 1.807) is 22.7 Å². The Balaban J connectivity index is 1.81. The Kier molecular flexibility index (Phi) is 4.69. The van der Waals surface area contributed by atoms with Gasteiger partial charge in [-0.1, -0.05) is 0 Å². The molecule has 0 fully saturated rings. The highest BCUT2D eigenvalue weighted by atomic mass is 79.9. The van der Waals surface area contributed by atoms with Crippen molar-refractivity contribution in [2.75, 3.05) is 0 Å². The van der Waals surface area contributed by atoms with Crippen LogP contribution in [0.2, 0.25) is 0 Å². The molecular weight excluding hydrogens is 318 g/mol. The molecule has 0 aliphatic heterocycles. The van der Waals surface area contributed by atoms with Crippen LogP contribution >= 0.6 is 38.6 Å². The predicted molar refractivity (Wildman–Crippen MR) is 77.3 cm³/mol. The third kappa shape index (κ3) is 3.86. The number of nitrogens with two attached hydrogens (primary N) is 1. The van der Waals surface area contributed by atoms with Crippen molar-refractivity contribution in [3.8, 4) is 0 Å². The second kappa shape index (κ2) is 6.06. The minimum atomic E-state index is 0.0296. The minimum Gasteiger partial charge on any atom is -0.322 e. The van der Waals surface area contributed by atoms with Crippen molar-refractivity contribution in [1.29, 1.82) is 0 Å². The summed E-state index contributed by atoms with van der Waals surface area (Å²) < 4.78 is 1.17. The molecule has 0 saturated heterocycles. The molecule has 3 nitrogen and oxygen atoms in total. The van der Waals surface area contributed by atoms with Gasteiger partial charge in [-0.3, -0.25) is 0 Å². The fourth-order valence-corrected chi connectivity index (χ4v) is 3.60. The van der Waals surface area contributed by atoms with E-state index in [2.05, 4.69) is 43.7 Å². The van der Waals surface area contributed by atoms with Crippen molar-refractivity contribution in [1.82, 2.24) is 10.3 Å². The lowest BCUT2D eigenvalue weighted by Crippen LogP contribution is -2.12. The minimum absolute atomic E-state index is 0.0296. The van der Waals surface area contributed by atoms with Crippen LogP contribution in [0.3, 0.4) is 0 Å². The van der Waals surface area contributed by atoms with Crippen LogP contribution in [0.4, 0.5) is 0 Å². The normalized spacial score (nSPS) is 12.9. The highest BCUT2D eigenvalue weighted by molar-refractivity contribution is 9.11. The standard InChI is InChI=1S/C11H14BrN3S2/c1-7(13)11-15-8(6-16-11)4-14-5-9-2-3-10(12)17-9/h2-3,6-7,14H,4-5,13H2,1H3. The molecule has 17 heavy (non-hydrogen) atoms. The fourth-order valence-electron chi connectivity index (χ4n) is 1.37. The van der Waals surface area contributed by atoms with Crippen LogP contribution in [0.1, 0.15) is 28.5 Å². The van der Waals surface area contributed by atoms with Crippen molar-refractivity contribution in [3.05, 3.63) is 36.9 Å². The summed E-state index contributed by atoms with van der Waals surface area (Å²) in [4.78, 5) is 5.79. The molecule has 0 spiro atoms. The summed E-state index contributed by atoms with van der Waals surface area (Å²) in [6.07, 6.45) is 0. The van der Waals surface area contributed by atoms with Gasteiger partial charge in [-0.15, -0.1) is 22.7 Å². The maximum atomic E-state index is 5.77. The molecule has 3 N–H and O–H groups in total. The number of halogens is 1. The molecule has 0 amide bonds. The molecule has 0 aliphatic carbocycles. The van der Waals surface area contributed by atoms with Crippen molar-refractivity contribution < 1.29 is 0 Å². The van der Waals surface area contributed by atoms with Gasteiger partial charge >= 0.3 is 0 Å². The van der Waals surface area contributed by atoms with Crippen LogP contribution in [-0.2, 0) is 13.1 Å². The molecule has 2 heterocycles. The van der Waals surface area contributed by atoms with Gasteiger partial charge in [0.25, 0.3) is 0 Å². The highest BCUT2D eigenvalue weighted by Crippen LogP contribution is 2.22. The Bertz CT molecular complexity index is 479. The van der Waals surface area contributed by atoms with E-state index in [-0.39, 0.29) is 6.04 Å². The molecule has 92 valence electrons. The molecule has 0 aliphatic rings. The lowest BCUT2D eigenvalue weighted by molar-refractivity contribution is 0.683. The van der Waals surface area contributed by atoms with Crippen molar-refractivity contribution in [2.24, 2.45) is 5.73 Å². The molecule has 2 aromatic rings. The Labute approximate surface area is 117 Å². The van der Waals surface area contributed by atoms with Gasteiger partial charge in [-0.05, 0) is 35.0 Å². The Morgan fingerprint density at radius 3 is 2.88 bits per heavy atom. The molecule has 0 radical (unpaired) electrons. The van der Waals surface area contributed by atoms with E-state index in [0.29, 0.717) is 0 Å². The van der Waals surface area contributed by atoms with E-state index in [1.807, 2.05) is 6.92 Å². The number of hydrogen-bond donors (Lipinski definition) is 2. The van der Waals surface area contributed by atoms with E-state index in [4.69, 9.17) is 5.73 Å². The molecule has 2 rings (SSSR count). The Morgan fingerprint density at radius 1 is 1.47 bits per heavy atom. The van der Waals surface area contributed by atoms with Gasteiger partial charge < -0.3 is 11.1 Å². The third-order valence-corrected chi connectivity index (χ3v) is 4.91. The van der Waals surface area contributed by atoms with E-state index < -0.39 is 0 Å². The zero-order valence-electron chi connectivity index (χ0n) is 9.44. The van der Waals surface area contributed by atoms with Crippen molar-refractivity contribution >= 4 is 38.6 Å². The number of nitrogens with zero attached hydrogens (tertiary/aromatic N) is 1. The highest BCUT2D eigenvalue weighted by Gasteiger charge is 2.05. The van der Waals surface area contributed by atoms with Crippen LogP contribution in [0.5, 0.6) is 0 Å². The summed E-state index contributed by atoms with van der Waals surface area (Å²) in [5.74, 6) is 0. The second-order valence-electron chi connectivity index (χ2n) is 3.78. The quantitative estimate of drug-likeness (QED) is 0.883. The summed E-state index contributed by atoms with van der Waals surface area (Å²) in [6.45, 7) is 3.62. The number of rotatable bonds is 5. The molecular formula is C11H14BrN3S2. The van der Waals surface area contributed by atoms with Crippen molar-refractivity contribution in [3.63, 3.8) is 0 Å². The van der Waals surface area contributed by atoms with E-state index >= 15 is 0 Å². The first-order valence-electron chi connectivity index (χ1n) is 5.30. The van der Waals surface area contributed by atoms with Crippen LogP contribution < -0.4 is 11.1 Å². The average molecular weight is 332 g/mol. The summed E-state index contributed by atoms with van der Waals surface area (Å²) >= 11 is 6.83. The summed E-state index contributed by atoms with van der Waals surface area (Å²) in [7, 11) is 0. The Morgan fingerprint density at radius 2 is 2.29 bits per heavy atom. The average Bonchev–Trinajstić information content (AvgIpc) is 2.88. The third-order valence-electron chi connectivity index (χ3n) is 2.19. The van der Waals surface area contributed by atoms with Gasteiger partial charge in [0.15, 0.2) is 0 Å². The first-order valence-corrected chi connectivity index (χ1v) is 7.79. The summed E-state index contributed by atoms with van der Waals surface area (Å²) in [5.41, 5.74) is 6.84. The zero-order valence-corrected chi connectivity index (χ0v) is 12.7. The van der Waals surface area contributed by atoms with Gasteiger partial charge in [-0.25, -0.2) is 4.98 Å². The van der Waals surface area contributed by atoms with E-state index in [1.165, 1.54) is 8.66 Å². The Hall–Kier alpha value is -0.270. The van der Waals surface area contributed by atoms with E-state index in [9.17, 15) is 0 Å². The molecule has 0 saturated carbocycles. The van der Waals surface area contributed by atoms with Crippen LogP contribution in [0.25, 0.3) is 0 Å². The van der Waals surface area contributed by atoms with Crippen LogP contribution in [-0.4, -0.2) is 4.98 Å². The van der Waals surface area contributed by atoms with Crippen LogP contribution in [0.15, 0.2) is 21.3 Å². The molecule has 1 unspecified atom stereocenters. The first-order chi connectivity index (χ1) is 8.15. The van der Waals surface area contributed by atoms with Crippen molar-refractivity contribution in [2.45, 2.75) is 26.1 Å². The summed E-state index contributed by atoms with van der Waals surface area (Å²) in [6, 6.07) is 4.22. The number of thiazole rings is 1. The van der Waals surface area contributed by atoms with Gasteiger partial charge in [0.1, 0.15) is 5.01 Å². The lowest BCUT2D eigenvalue weighted by atomic mass is 10.4. The number of thiophene rings is 1. The molecule has 0 aromatic carbocycles. The van der Waals surface area contributed by atoms with Gasteiger partial charge in [0.2, 0.25) is 0 Å². The molecule has 1 atom stereocenters. The second-order valence-corrected chi connectivity index (χ2v) is 7.21. The monoisotopic (exact) mass is 331 g/mol. The number of aromatic nitrogens is 1. The van der Waals surface area contributed by atoms with Gasteiger partial charge in [0.05, 0.1) is 15.5 Å². The SMILES string of the molecule is CC(N)c1nc(CNCc2ccc(Br)s2)cs1. The zero-order chi connectivity index (χ0) is 12.3. The predicted octanol–water partition coefficient (Wildman–Crippen LogP) is 3.28. The lowest BCUT2D eigenvalue weighted by Gasteiger charge is -2.00. The molecule has 2 aromatic heterocycles. The first kappa shape index (κ1) is 13.2. The van der Waals surface area contributed by atoms with E-state index in [0.717, 1.165) is 23.8 Å². The largest absolute Gasteiger partial charge is 0.322 e. The maximum Gasteiger partial charge on any atom is 0.109 e. The van der Waals surface area contributed by atoms with Crippen LogP contribution in [0, 0.1) is 0 Å². The summed E-state index contributed by atoms with van der Waals surface area (Å²) in [5, 5.41) is 6.44. The topological polar surface area (TPSA) is 50.9 Å². The van der Waals surface area contributed by atoms with Gasteiger partial charge in [0, 0.05) is 23.3 Å². The number of hydrogen-bond acceptors (Lipinski definition) is 5. The fraction of sp³-hybridized carbons (Fsp3) is 0.364. The smallest absolute Gasteiger partial charge is 0.109 e. The van der Waals surface area contributed by atoms with Gasteiger partial charge in [-0.2, -0.15) is 0 Å².